The number of carboxylic acid groups (broad SMARTS) is 1. The lowest BCUT2D eigenvalue weighted by molar-refractivity contribution is -0.144. The third-order valence-electron chi connectivity index (χ3n) is 3.89. The number of aliphatic carboxylic acids is 1. The molecule has 1 aliphatic heterocycles. The quantitative estimate of drug-likeness (QED) is 0.906. The van der Waals surface area contributed by atoms with Crippen molar-refractivity contribution in [2.24, 2.45) is 5.92 Å². The van der Waals surface area contributed by atoms with E-state index < -0.39 is 28.0 Å². The highest BCUT2D eigenvalue weighted by Crippen LogP contribution is 2.32. The first-order chi connectivity index (χ1) is 10.3. The second-order valence-corrected chi connectivity index (χ2v) is 7.47. The Bertz CT molecular complexity index is 742. The van der Waals surface area contributed by atoms with Gasteiger partial charge in [0.25, 0.3) is 0 Å². The Morgan fingerprint density at radius 3 is 2.77 bits per heavy atom. The summed E-state index contributed by atoms with van der Waals surface area (Å²) in [6, 6.07) is 5.21. The molecule has 0 saturated carbocycles. The lowest BCUT2D eigenvalue weighted by atomic mass is 9.92. The van der Waals surface area contributed by atoms with E-state index in [0.717, 1.165) is 4.31 Å². The molecular weight excluding hydrogens is 328 g/mol. The largest absolute Gasteiger partial charge is 0.481 e. The average molecular weight is 343 g/mol. The molecule has 0 radical (unpaired) electrons. The molecule has 0 bridgehead atoms. The summed E-state index contributed by atoms with van der Waals surface area (Å²) in [7, 11) is -3.95. The van der Waals surface area contributed by atoms with Crippen LogP contribution in [0.3, 0.4) is 0 Å². The van der Waals surface area contributed by atoms with Crippen molar-refractivity contribution < 1.29 is 18.3 Å². The van der Waals surface area contributed by atoms with Crippen molar-refractivity contribution >= 4 is 27.6 Å². The summed E-state index contributed by atoms with van der Waals surface area (Å²) in [5.74, 6) is -1.76. The Kier molecular flexibility index (Phi) is 4.75. The Hall–Kier alpha value is -1.62. The number of sulfonamides is 1. The molecule has 1 fully saturated rings. The molecule has 0 aromatic heterocycles. The van der Waals surface area contributed by atoms with Gasteiger partial charge in [0, 0.05) is 12.6 Å². The van der Waals surface area contributed by atoms with E-state index in [2.05, 4.69) is 0 Å². The Balaban J connectivity index is 2.46. The summed E-state index contributed by atoms with van der Waals surface area (Å²) in [4.78, 5) is 11.1. The van der Waals surface area contributed by atoms with Crippen LogP contribution in [0.2, 0.25) is 5.02 Å². The fourth-order valence-electron chi connectivity index (χ4n) is 2.68. The van der Waals surface area contributed by atoms with Crippen LogP contribution in [-0.2, 0) is 14.8 Å². The van der Waals surface area contributed by atoms with Crippen LogP contribution in [0.1, 0.15) is 25.3 Å². The van der Waals surface area contributed by atoms with Crippen molar-refractivity contribution in [3.8, 4) is 6.07 Å². The van der Waals surface area contributed by atoms with E-state index >= 15 is 0 Å². The molecule has 0 spiro atoms. The van der Waals surface area contributed by atoms with Gasteiger partial charge in [0.2, 0.25) is 10.0 Å². The normalized spacial score (nSPS) is 23.0. The molecular formula is C14H15ClN2O4S. The molecule has 0 amide bonds. The van der Waals surface area contributed by atoms with Gasteiger partial charge < -0.3 is 5.11 Å². The number of hydrogen-bond acceptors (Lipinski definition) is 4. The van der Waals surface area contributed by atoms with Crippen molar-refractivity contribution in [2.75, 3.05) is 6.54 Å². The summed E-state index contributed by atoms with van der Waals surface area (Å²) in [5, 5.41) is 18.1. The standard InChI is InChI=1S/C14H15ClN2O4S/c1-9-11(14(18)19)3-2-6-17(9)22(20,21)13-7-10(8-16)4-5-12(13)15/h4-5,7,9,11H,2-3,6H2,1H3,(H,18,19)/t9-,11-/m1/s1. The van der Waals surface area contributed by atoms with Gasteiger partial charge in [0.05, 0.1) is 22.6 Å². The summed E-state index contributed by atoms with van der Waals surface area (Å²) >= 11 is 5.97. The maximum atomic E-state index is 12.8. The van der Waals surface area contributed by atoms with E-state index in [1.807, 2.05) is 6.07 Å². The van der Waals surface area contributed by atoms with Crippen LogP contribution < -0.4 is 0 Å². The van der Waals surface area contributed by atoms with Gasteiger partial charge in [-0.3, -0.25) is 4.79 Å². The van der Waals surface area contributed by atoms with Gasteiger partial charge >= 0.3 is 5.97 Å². The molecule has 1 aromatic carbocycles. The predicted octanol–water partition coefficient (Wildman–Crippen LogP) is 2.09. The Morgan fingerprint density at radius 1 is 1.50 bits per heavy atom. The third kappa shape index (κ3) is 2.95. The SMILES string of the molecule is C[C@@H]1[C@H](C(=O)O)CCCN1S(=O)(=O)c1cc(C#N)ccc1Cl. The van der Waals surface area contributed by atoms with Crippen LogP contribution in [0.15, 0.2) is 23.1 Å². The Labute approximate surface area is 134 Å². The highest BCUT2D eigenvalue weighted by Gasteiger charge is 2.40. The molecule has 1 aliphatic rings. The topological polar surface area (TPSA) is 98.5 Å². The Morgan fingerprint density at radius 2 is 2.18 bits per heavy atom. The number of hydrogen-bond donors (Lipinski definition) is 1. The number of piperidine rings is 1. The molecule has 0 aliphatic carbocycles. The lowest BCUT2D eigenvalue weighted by Crippen LogP contribution is -2.49. The van der Waals surface area contributed by atoms with Gasteiger partial charge in [-0.2, -0.15) is 9.57 Å². The van der Waals surface area contributed by atoms with Crippen LogP contribution in [0.4, 0.5) is 0 Å². The minimum atomic E-state index is -3.95. The monoisotopic (exact) mass is 342 g/mol. The van der Waals surface area contributed by atoms with E-state index in [9.17, 15) is 18.3 Å². The van der Waals surface area contributed by atoms with Gasteiger partial charge in [-0.25, -0.2) is 8.42 Å². The second kappa shape index (κ2) is 6.24. The predicted molar refractivity (Wildman–Crippen MR) is 79.9 cm³/mol. The summed E-state index contributed by atoms with van der Waals surface area (Å²) in [5.41, 5.74) is 0.183. The maximum absolute atomic E-state index is 12.8. The maximum Gasteiger partial charge on any atom is 0.308 e. The third-order valence-corrected chi connectivity index (χ3v) is 6.36. The summed E-state index contributed by atoms with van der Waals surface area (Å²) in [6.07, 6.45) is 0.907. The number of benzene rings is 1. The molecule has 8 heteroatoms. The van der Waals surface area contributed by atoms with Crippen molar-refractivity contribution in [1.82, 2.24) is 4.31 Å². The molecule has 6 nitrogen and oxygen atoms in total. The molecule has 118 valence electrons. The van der Waals surface area contributed by atoms with Gasteiger partial charge in [-0.15, -0.1) is 0 Å². The van der Waals surface area contributed by atoms with Crippen LogP contribution in [0.25, 0.3) is 0 Å². The molecule has 1 N–H and O–H groups in total. The van der Waals surface area contributed by atoms with E-state index in [-0.39, 0.29) is 22.0 Å². The molecule has 2 atom stereocenters. The van der Waals surface area contributed by atoms with Gasteiger partial charge in [0.15, 0.2) is 0 Å². The zero-order valence-electron chi connectivity index (χ0n) is 11.9. The molecule has 1 aromatic rings. The zero-order valence-corrected chi connectivity index (χ0v) is 13.4. The average Bonchev–Trinajstić information content (AvgIpc) is 2.47. The first-order valence-electron chi connectivity index (χ1n) is 6.73. The zero-order chi connectivity index (χ0) is 16.5. The molecule has 0 unspecified atom stereocenters. The number of rotatable bonds is 3. The van der Waals surface area contributed by atoms with Crippen molar-refractivity contribution in [1.29, 1.82) is 5.26 Å². The molecule has 2 rings (SSSR count). The second-order valence-electron chi connectivity index (χ2n) is 5.20. The van der Waals surface area contributed by atoms with E-state index in [4.69, 9.17) is 16.9 Å². The number of nitrogens with zero attached hydrogens (tertiary/aromatic N) is 2. The molecule has 22 heavy (non-hydrogen) atoms. The first-order valence-corrected chi connectivity index (χ1v) is 8.55. The summed E-state index contributed by atoms with van der Waals surface area (Å²) in [6.45, 7) is 1.82. The van der Waals surface area contributed by atoms with Gasteiger partial charge in [0.1, 0.15) is 4.90 Å². The van der Waals surface area contributed by atoms with Crippen LogP contribution in [0.5, 0.6) is 0 Å². The molecule has 1 heterocycles. The molecule has 1 saturated heterocycles. The van der Waals surface area contributed by atoms with E-state index in [1.54, 1.807) is 6.92 Å². The summed E-state index contributed by atoms with van der Waals surface area (Å²) < 4.78 is 26.8. The fourth-order valence-corrected chi connectivity index (χ4v) is 4.89. The minimum absolute atomic E-state index is 0.0173. The first kappa shape index (κ1) is 16.7. The van der Waals surface area contributed by atoms with Gasteiger partial charge in [-0.1, -0.05) is 11.6 Å². The highest BCUT2D eigenvalue weighted by molar-refractivity contribution is 7.89. The number of nitriles is 1. The number of carboxylic acids is 1. The van der Waals surface area contributed by atoms with Crippen LogP contribution >= 0.6 is 11.6 Å². The lowest BCUT2D eigenvalue weighted by Gasteiger charge is -2.36. The van der Waals surface area contributed by atoms with Crippen LogP contribution in [-0.4, -0.2) is 36.4 Å². The highest BCUT2D eigenvalue weighted by atomic mass is 35.5. The van der Waals surface area contributed by atoms with Crippen molar-refractivity contribution in [3.63, 3.8) is 0 Å². The van der Waals surface area contributed by atoms with E-state index in [1.165, 1.54) is 18.2 Å². The van der Waals surface area contributed by atoms with Crippen molar-refractivity contribution in [2.45, 2.75) is 30.7 Å². The number of carbonyl (C=O) groups is 1. The minimum Gasteiger partial charge on any atom is -0.481 e. The van der Waals surface area contributed by atoms with Gasteiger partial charge in [-0.05, 0) is 38.0 Å². The fraction of sp³-hybridized carbons (Fsp3) is 0.429. The smallest absolute Gasteiger partial charge is 0.308 e. The number of halogens is 1. The van der Waals surface area contributed by atoms with E-state index in [0.29, 0.717) is 12.8 Å². The van der Waals surface area contributed by atoms with Crippen LogP contribution in [0, 0.1) is 17.2 Å². The van der Waals surface area contributed by atoms with Crippen molar-refractivity contribution in [3.05, 3.63) is 28.8 Å².